The van der Waals surface area contributed by atoms with Crippen LogP contribution in [0.25, 0.3) is 22.2 Å². The predicted molar refractivity (Wildman–Crippen MR) is 141 cm³/mol. The minimum Gasteiger partial charge on any atom is -0.481 e. The summed E-state index contributed by atoms with van der Waals surface area (Å²) >= 11 is 0. The number of hydrogen-bond donors (Lipinski definition) is 1. The summed E-state index contributed by atoms with van der Waals surface area (Å²) in [5, 5.41) is 11.3. The van der Waals surface area contributed by atoms with Crippen molar-refractivity contribution in [3.8, 4) is 11.3 Å². The maximum Gasteiger partial charge on any atom is 0.212 e. The Morgan fingerprint density at radius 3 is 2.62 bits per heavy atom. The molecule has 0 spiro atoms. The molecule has 9 heteroatoms. The van der Waals surface area contributed by atoms with E-state index in [4.69, 9.17) is 9.47 Å². The molecule has 2 aromatic carbocycles. The van der Waals surface area contributed by atoms with Crippen LogP contribution in [0.4, 0.5) is 14.5 Å². The molecule has 0 saturated carbocycles. The fourth-order valence-corrected chi connectivity index (χ4v) is 4.43. The van der Waals surface area contributed by atoms with Gasteiger partial charge in [0.2, 0.25) is 5.88 Å². The number of rotatable bonds is 8. The van der Waals surface area contributed by atoms with Gasteiger partial charge in [0.05, 0.1) is 36.9 Å². The second-order valence-corrected chi connectivity index (χ2v) is 8.71. The molecule has 1 aliphatic rings. The minimum absolute atomic E-state index is 0.0883. The molecule has 1 aliphatic heterocycles. The average Bonchev–Trinajstić information content (AvgIpc) is 2.93. The molecule has 194 valence electrons. The van der Waals surface area contributed by atoms with Crippen molar-refractivity contribution in [2.45, 2.75) is 26.4 Å². The normalized spacial score (nSPS) is 15.7. The number of halogens is 2. The van der Waals surface area contributed by atoms with Gasteiger partial charge >= 0.3 is 0 Å². The van der Waals surface area contributed by atoms with Gasteiger partial charge in [-0.1, -0.05) is 13.0 Å². The highest BCUT2D eigenvalue weighted by molar-refractivity contribution is 5.94. The number of hydrogen-bond acceptors (Lipinski definition) is 7. The largest absolute Gasteiger partial charge is 0.481 e. The van der Waals surface area contributed by atoms with Crippen molar-refractivity contribution in [3.05, 3.63) is 77.0 Å². The summed E-state index contributed by atoms with van der Waals surface area (Å²) in [6, 6.07) is 6.12. The number of aliphatic imine (C=N–C) groups is 1. The van der Waals surface area contributed by atoms with E-state index in [-0.39, 0.29) is 16.6 Å². The van der Waals surface area contributed by atoms with Crippen LogP contribution in [0.15, 0.2) is 59.2 Å². The molecule has 1 atom stereocenters. The molecule has 1 aromatic heterocycles. The summed E-state index contributed by atoms with van der Waals surface area (Å²) in [7, 11) is 1.47. The van der Waals surface area contributed by atoms with E-state index in [0.717, 1.165) is 0 Å². The molecule has 7 nitrogen and oxygen atoms in total. The fraction of sp³-hybridized carbons (Fsp3) is 0.321. The van der Waals surface area contributed by atoms with Gasteiger partial charge in [-0.25, -0.2) is 23.7 Å². The number of benzene rings is 2. The third-order valence-electron chi connectivity index (χ3n) is 6.50. The zero-order chi connectivity index (χ0) is 26.5. The van der Waals surface area contributed by atoms with Crippen LogP contribution in [-0.4, -0.2) is 55.2 Å². The Hall–Kier alpha value is -3.69. The van der Waals surface area contributed by atoms with E-state index < -0.39 is 17.7 Å². The third kappa shape index (κ3) is 5.52. The number of aromatic nitrogens is 2. The lowest BCUT2D eigenvalue weighted by atomic mass is 9.92. The van der Waals surface area contributed by atoms with E-state index in [0.29, 0.717) is 66.5 Å². The summed E-state index contributed by atoms with van der Waals surface area (Å²) in [6.45, 7) is 9.47. The quantitative estimate of drug-likeness (QED) is 0.258. The average molecular weight is 509 g/mol. The first-order valence-electron chi connectivity index (χ1n) is 12.0. The van der Waals surface area contributed by atoms with Crippen LogP contribution in [0.1, 0.15) is 31.1 Å². The van der Waals surface area contributed by atoms with E-state index in [9.17, 15) is 5.11 Å². The minimum atomic E-state index is -1.04. The van der Waals surface area contributed by atoms with Crippen LogP contribution in [-0.2, 0) is 15.9 Å². The first-order chi connectivity index (χ1) is 17.9. The summed E-state index contributed by atoms with van der Waals surface area (Å²) < 4.78 is 41.4. The van der Waals surface area contributed by atoms with E-state index in [1.165, 1.54) is 25.6 Å². The monoisotopic (exact) mass is 508 g/mol. The molecule has 1 fully saturated rings. The molecule has 1 saturated heterocycles. The predicted octanol–water partition coefficient (Wildman–Crippen LogP) is 5.14. The number of aliphatic hydroxyl groups is 1. The van der Waals surface area contributed by atoms with Crippen LogP contribution in [0, 0.1) is 11.6 Å². The van der Waals surface area contributed by atoms with Gasteiger partial charge in [-0.2, -0.15) is 0 Å². The standard InChI is InChI=1S/C28H30F2N4O3/c1-5-18-12-22(29)21(15-20(18)28(35)17(2)6-7-25(31-3)36-4)27-26-23(30)13-19(14-24(26)32-16-33-27)34-8-10-37-11-9-34/h6-7,12-16,28,35H,3,5,8-11H2,1-2,4H3/b17-6+,25-7+. The van der Waals surface area contributed by atoms with Crippen molar-refractivity contribution >= 4 is 23.3 Å². The second-order valence-electron chi connectivity index (χ2n) is 8.71. The highest BCUT2D eigenvalue weighted by atomic mass is 19.1. The van der Waals surface area contributed by atoms with Crippen molar-refractivity contribution in [1.29, 1.82) is 0 Å². The maximum absolute atomic E-state index is 15.5. The Kier molecular flexibility index (Phi) is 8.25. The summed E-state index contributed by atoms with van der Waals surface area (Å²) in [5.74, 6) is -0.800. The number of anilines is 1. The Labute approximate surface area is 214 Å². The van der Waals surface area contributed by atoms with Crippen molar-refractivity contribution < 1.29 is 23.4 Å². The summed E-state index contributed by atoms with van der Waals surface area (Å²) in [5.41, 5.74) is 3.00. The molecule has 0 radical (unpaired) electrons. The van der Waals surface area contributed by atoms with E-state index in [1.54, 1.807) is 31.2 Å². The van der Waals surface area contributed by atoms with Gasteiger partial charge in [0.25, 0.3) is 0 Å². The zero-order valence-corrected chi connectivity index (χ0v) is 21.2. The second kappa shape index (κ2) is 11.6. The number of allylic oxidation sites excluding steroid dienone is 2. The Bertz CT molecular complexity index is 1370. The number of fused-ring (bicyclic) bond motifs is 1. The molecule has 1 unspecified atom stereocenters. The highest BCUT2D eigenvalue weighted by Crippen LogP contribution is 2.36. The number of aliphatic hydroxyl groups excluding tert-OH is 1. The number of aryl methyl sites for hydroxylation is 1. The van der Waals surface area contributed by atoms with E-state index in [2.05, 4.69) is 21.7 Å². The zero-order valence-electron chi connectivity index (χ0n) is 21.2. The van der Waals surface area contributed by atoms with Crippen molar-refractivity contribution in [2.24, 2.45) is 4.99 Å². The Morgan fingerprint density at radius 2 is 1.95 bits per heavy atom. The summed E-state index contributed by atoms with van der Waals surface area (Å²) in [6.07, 6.45) is 3.99. The Morgan fingerprint density at radius 1 is 1.19 bits per heavy atom. The lowest BCUT2D eigenvalue weighted by molar-refractivity contribution is 0.122. The van der Waals surface area contributed by atoms with Gasteiger partial charge in [-0.15, -0.1) is 0 Å². The van der Waals surface area contributed by atoms with Crippen LogP contribution >= 0.6 is 0 Å². The molecule has 37 heavy (non-hydrogen) atoms. The first kappa shape index (κ1) is 26.4. The molecular weight excluding hydrogens is 478 g/mol. The van der Waals surface area contributed by atoms with Gasteiger partial charge in [-0.3, -0.25) is 0 Å². The highest BCUT2D eigenvalue weighted by Gasteiger charge is 2.22. The van der Waals surface area contributed by atoms with Crippen LogP contribution in [0.5, 0.6) is 0 Å². The number of methoxy groups -OCH3 is 1. The SMILES string of the molecule is C=N/C(=C\C=C(/C)C(O)c1cc(-c2ncnc3cc(N4CCOCC4)cc(F)c23)c(F)cc1CC)OC. The summed E-state index contributed by atoms with van der Waals surface area (Å²) in [4.78, 5) is 14.3. The maximum atomic E-state index is 15.5. The van der Waals surface area contributed by atoms with Gasteiger partial charge in [0, 0.05) is 30.4 Å². The van der Waals surface area contributed by atoms with Gasteiger partial charge in [-0.05, 0) is 61.0 Å². The Balaban J connectivity index is 1.81. The topological polar surface area (TPSA) is 80.1 Å². The van der Waals surface area contributed by atoms with Gasteiger partial charge in [0.1, 0.15) is 24.1 Å². The van der Waals surface area contributed by atoms with Crippen LogP contribution in [0.3, 0.4) is 0 Å². The third-order valence-corrected chi connectivity index (χ3v) is 6.50. The lowest BCUT2D eigenvalue weighted by Gasteiger charge is -2.29. The molecule has 2 heterocycles. The van der Waals surface area contributed by atoms with Crippen molar-refractivity contribution in [1.82, 2.24) is 9.97 Å². The molecular formula is C28H30F2N4O3. The van der Waals surface area contributed by atoms with Crippen LogP contribution in [0.2, 0.25) is 0 Å². The molecule has 1 N–H and O–H groups in total. The van der Waals surface area contributed by atoms with Crippen molar-refractivity contribution in [3.63, 3.8) is 0 Å². The van der Waals surface area contributed by atoms with Gasteiger partial charge in [0.15, 0.2) is 0 Å². The fourth-order valence-electron chi connectivity index (χ4n) is 4.43. The molecule has 0 bridgehead atoms. The van der Waals surface area contributed by atoms with Gasteiger partial charge < -0.3 is 19.5 Å². The molecule has 0 aliphatic carbocycles. The van der Waals surface area contributed by atoms with Crippen LogP contribution < -0.4 is 4.90 Å². The lowest BCUT2D eigenvalue weighted by Crippen LogP contribution is -2.36. The number of nitrogens with zero attached hydrogens (tertiary/aromatic N) is 4. The smallest absolute Gasteiger partial charge is 0.212 e. The molecule has 4 rings (SSSR count). The van der Waals surface area contributed by atoms with E-state index >= 15 is 8.78 Å². The molecule has 3 aromatic rings. The number of morpholine rings is 1. The first-order valence-corrected chi connectivity index (χ1v) is 12.0. The number of ether oxygens (including phenoxy) is 2. The van der Waals surface area contributed by atoms with E-state index in [1.807, 2.05) is 11.8 Å². The molecule has 0 amide bonds. The van der Waals surface area contributed by atoms with Crippen molar-refractivity contribution in [2.75, 3.05) is 38.3 Å².